The van der Waals surface area contributed by atoms with Crippen LogP contribution in [0.2, 0.25) is 0 Å². The number of aliphatic hydroxyl groups is 3. The molecule has 1 rings (SSSR count). The van der Waals surface area contributed by atoms with Crippen molar-refractivity contribution < 1.29 is 20.1 Å². The molecule has 0 radical (unpaired) electrons. The Morgan fingerprint density at radius 3 is 2.35 bits per heavy atom. The zero-order chi connectivity index (χ0) is 12.9. The molecule has 1 aromatic rings. The molecule has 0 saturated heterocycles. The summed E-state index contributed by atoms with van der Waals surface area (Å²) in [5.41, 5.74) is -0.152. The molecule has 94 valence electrons. The van der Waals surface area contributed by atoms with Gasteiger partial charge in [0, 0.05) is 12.1 Å². The van der Waals surface area contributed by atoms with Crippen LogP contribution in [0, 0.1) is 0 Å². The first kappa shape index (κ1) is 13.6. The zero-order valence-electron chi connectivity index (χ0n) is 9.68. The van der Waals surface area contributed by atoms with Gasteiger partial charge in [-0.1, -0.05) is 12.1 Å². The van der Waals surface area contributed by atoms with Crippen molar-refractivity contribution in [3.8, 4) is 0 Å². The van der Waals surface area contributed by atoms with Gasteiger partial charge in [0.05, 0.1) is 13.2 Å². The van der Waals surface area contributed by atoms with Crippen LogP contribution >= 0.6 is 0 Å². The van der Waals surface area contributed by atoms with Crippen molar-refractivity contribution in [3.05, 3.63) is 35.4 Å². The quantitative estimate of drug-likeness (QED) is 0.565. The van der Waals surface area contributed by atoms with Gasteiger partial charge in [-0.25, -0.2) is 0 Å². The van der Waals surface area contributed by atoms with Crippen molar-refractivity contribution in [2.45, 2.75) is 19.1 Å². The van der Waals surface area contributed by atoms with E-state index in [-0.39, 0.29) is 19.1 Å². The maximum atomic E-state index is 11.6. The van der Waals surface area contributed by atoms with Crippen LogP contribution in [-0.2, 0) is 6.61 Å². The topological polar surface area (TPSA) is 89.8 Å². The van der Waals surface area contributed by atoms with Gasteiger partial charge in [-0.2, -0.15) is 0 Å². The van der Waals surface area contributed by atoms with Gasteiger partial charge >= 0.3 is 0 Å². The average molecular weight is 239 g/mol. The molecule has 17 heavy (non-hydrogen) atoms. The number of hydrogen-bond acceptors (Lipinski definition) is 4. The minimum atomic E-state index is -1.32. The maximum absolute atomic E-state index is 11.6. The Morgan fingerprint density at radius 2 is 1.88 bits per heavy atom. The van der Waals surface area contributed by atoms with Crippen molar-refractivity contribution in [2.24, 2.45) is 0 Å². The van der Waals surface area contributed by atoms with E-state index in [9.17, 15) is 9.90 Å². The van der Waals surface area contributed by atoms with E-state index in [0.29, 0.717) is 5.56 Å². The van der Waals surface area contributed by atoms with Crippen LogP contribution in [0.15, 0.2) is 24.3 Å². The van der Waals surface area contributed by atoms with Gasteiger partial charge in [0.1, 0.15) is 5.60 Å². The highest BCUT2D eigenvalue weighted by Gasteiger charge is 2.20. The number of rotatable bonds is 5. The van der Waals surface area contributed by atoms with E-state index in [2.05, 4.69) is 5.32 Å². The van der Waals surface area contributed by atoms with Crippen LogP contribution < -0.4 is 5.32 Å². The molecule has 1 unspecified atom stereocenters. The maximum Gasteiger partial charge on any atom is 0.251 e. The third-order valence-electron chi connectivity index (χ3n) is 2.37. The first-order valence-electron chi connectivity index (χ1n) is 5.30. The number of amides is 1. The van der Waals surface area contributed by atoms with Crippen LogP contribution in [0.25, 0.3) is 0 Å². The number of aliphatic hydroxyl groups excluding tert-OH is 2. The molecule has 0 aromatic heterocycles. The van der Waals surface area contributed by atoms with Gasteiger partial charge < -0.3 is 20.6 Å². The molecule has 4 N–H and O–H groups in total. The number of benzene rings is 1. The number of hydrogen-bond donors (Lipinski definition) is 4. The summed E-state index contributed by atoms with van der Waals surface area (Å²) in [4.78, 5) is 11.6. The van der Waals surface area contributed by atoms with Gasteiger partial charge in [-0.05, 0) is 24.6 Å². The summed E-state index contributed by atoms with van der Waals surface area (Å²) < 4.78 is 0. The number of carbonyl (C=O) groups is 1. The summed E-state index contributed by atoms with van der Waals surface area (Å²) in [5, 5.41) is 29.7. The molecule has 0 aliphatic rings. The van der Waals surface area contributed by atoms with Gasteiger partial charge in [0.2, 0.25) is 0 Å². The highest BCUT2D eigenvalue weighted by atomic mass is 16.3. The molecule has 0 fully saturated rings. The van der Waals surface area contributed by atoms with E-state index in [4.69, 9.17) is 10.2 Å². The second kappa shape index (κ2) is 5.77. The van der Waals surface area contributed by atoms with Crippen molar-refractivity contribution in [3.63, 3.8) is 0 Å². The SMILES string of the molecule is CC(O)(CO)CNC(=O)c1ccc(CO)cc1. The van der Waals surface area contributed by atoms with Gasteiger partial charge in [0.25, 0.3) is 5.91 Å². The standard InChI is InChI=1S/C12H17NO4/c1-12(17,8-15)7-13-11(16)10-4-2-9(6-14)3-5-10/h2-5,14-15,17H,6-8H2,1H3,(H,13,16). The molecule has 1 amide bonds. The molecular formula is C12H17NO4. The fourth-order valence-corrected chi connectivity index (χ4v) is 1.19. The summed E-state index contributed by atoms with van der Waals surface area (Å²) in [6, 6.07) is 6.49. The monoisotopic (exact) mass is 239 g/mol. The van der Waals surface area contributed by atoms with E-state index in [0.717, 1.165) is 5.56 Å². The summed E-state index contributed by atoms with van der Waals surface area (Å²) in [6.07, 6.45) is 0. The molecule has 0 spiro atoms. The Morgan fingerprint density at radius 1 is 1.29 bits per heavy atom. The Balaban J connectivity index is 2.58. The van der Waals surface area contributed by atoms with Crippen LogP contribution in [0.5, 0.6) is 0 Å². The Labute approximate surface area is 99.7 Å². The van der Waals surface area contributed by atoms with Crippen molar-refractivity contribution in [1.82, 2.24) is 5.32 Å². The molecule has 0 aliphatic carbocycles. The highest BCUT2D eigenvalue weighted by molar-refractivity contribution is 5.94. The minimum Gasteiger partial charge on any atom is -0.393 e. The van der Waals surface area contributed by atoms with Crippen LogP contribution in [0.1, 0.15) is 22.8 Å². The largest absolute Gasteiger partial charge is 0.393 e. The Hall–Kier alpha value is -1.43. The van der Waals surface area contributed by atoms with Crippen LogP contribution in [0.4, 0.5) is 0 Å². The average Bonchev–Trinajstić information content (AvgIpc) is 2.36. The normalized spacial score (nSPS) is 14.1. The zero-order valence-corrected chi connectivity index (χ0v) is 9.68. The van der Waals surface area contributed by atoms with E-state index in [1.807, 2.05) is 0 Å². The fraction of sp³-hybridized carbons (Fsp3) is 0.417. The number of carbonyl (C=O) groups excluding carboxylic acids is 1. The first-order valence-corrected chi connectivity index (χ1v) is 5.30. The van der Waals surface area contributed by atoms with E-state index in [1.54, 1.807) is 24.3 Å². The molecule has 1 atom stereocenters. The molecule has 0 heterocycles. The lowest BCUT2D eigenvalue weighted by molar-refractivity contribution is 0.00320. The summed E-state index contributed by atoms with van der Waals surface area (Å²) in [5.74, 6) is -0.330. The third-order valence-corrected chi connectivity index (χ3v) is 2.37. The Bertz CT molecular complexity index is 373. The summed E-state index contributed by atoms with van der Waals surface area (Å²) >= 11 is 0. The smallest absolute Gasteiger partial charge is 0.251 e. The Kier molecular flexibility index (Phi) is 4.62. The summed E-state index contributed by atoms with van der Waals surface area (Å²) in [6.45, 7) is 0.921. The lowest BCUT2D eigenvalue weighted by atomic mass is 10.1. The predicted octanol–water partition coefficient (Wildman–Crippen LogP) is -0.348. The van der Waals surface area contributed by atoms with Gasteiger partial charge in [-0.15, -0.1) is 0 Å². The lowest BCUT2D eigenvalue weighted by Gasteiger charge is -2.20. The molecule has 0 bridgehead atoms. The summed E-state index contributed by atoms with van der Waals surface area (Å²) in [7, 11) is 0. The number of nitrogens with one attached hydrogen (secondary N) is 1. The minimum absolute atomic E-state index is 0.0237. The molecule has 1 aromatic carbocycles. The van der Waals surface area contributed by atoms with Crippen molar-refractivity contribution in [2.75, 3.05) is 13.2 Å². The molecule has 5 heteroatoms. The molecular weight excluding hydrogens is 222 g/mol. The fourth-order valence-electron chi connectivity index (χ4n) is 1.19. The van der Waals surface area contributed by atoms with Crippen LogP contribution in [0.3, 0.4) is 0 Å². The predicted molar refractivity (Wildman–Crippen MR) is 62.4 cm³/mol. The van der Waals surface area contributed by atoms with Crippen molar-refractivity contribution >= 4 is 5.91 Å². The molecule has 0 saturated carbocycles. The van der Waals surface area contributed by atoms with Gasteiger partial charge in [-0.3, -0.25) is 4.79 Å². The lowest BCUT2D eigenvalue weighted by Crippen LogP contribution is -2.43. The van der Waals surface area contributed by atoms with Crippen molar-refractivity contribution in [1.29, 1.82) is 0 Å². The second-order valence-corrected chi connectivity index (χ2v) is 4.19. The second-order valence-electron chi connectivity index (χ2n) is 4.19. The van der Waals surface area contributed by atoms with E-state index >= 15 is 0 Å². The van der Waals surface area contributed by atoms with Gasteiger partial charge in [0.15, 0.2) is 0 Å². The molecule has 5 nitrogen and oxygen atoms in total. The van der Waals surface area contributed by atoms with E-state index in [1.165, 1.54) is 6.92 Å². The van der Waals surface area contributed by atoms with E-state index < -0.39 is 12.2 Å². The molecule has 0 aliphatic heterocycles. The first-order chi connectivity index (χ1) is 7.98. The van der Waals surface area contributed by atoms with Crippen LogP contribution in [-0.4, -0.2) is 40.0 Å². The third kappa shape index (κ3) is 4.14. The highest BCUT2D eigenvalue weighted by Crippen LogP contribution is 2.05.